The van der Waals surface area contributed by atoms with E-state index in [1.165, 1.54) is 0 Å². The Labute approximate surface area is 115 Å². The zero-order chi connectivity index (χ0) is 13.4. The smallest absolute Gasteiger partial charge is 0.148 e. The molecule has 96 valence electrons. The molecule has 0 fully saturated rings. The van der Waals surface area contributed by atoms with Crippen molar-refractivity contribution in [2.24, 2.45) is 5.73 Å². The highest BCUT2D eigenvalue weighted by Gasteiger charge is 2.13. The van der Waals surface area contributed by atoms with E-state index in [0.29, 0.717) is 0 Å². The lowest BCUT2D eigenvalue weighted by molar-refractivity contribution is 0.786. The summed E-state index contributed by atoms with van der Waals surface area (Å²) in [5.41, 5.74) is 8.88. The Morgan fingerprint density at radius 2 is 2.00 bits per heavy atom. The predicted molar refractivity (Wildman–Crippen MR) is 78.0 cm³/mol. The molecule has 0 saturated carbocycles. The van der Waals surface area contributed by atoms with E-state index in [2.05, 4.69) is 21.2 Å². The number of para-hydroxylation sites is 1. The second-order valence-corrected chi connectivity index (χ2v) is 5.57. The van der Waals surface area contributed by atoms with Crippen LogP contribution in [-0.2, 0) is 0 Å². The molecule has 4 nitrogen and oxygen atoms in total. The predicted octanol–water partition coefficient (Wildman–Crippen LogP) is 3.08. The Balaban J connectivity index is 2.23. The van der Waals surface area contributed by atoms with E-state index in [-0.39, 0.29) is 6.04 Å². The summed E-state index contributed by atoms with van der Waals surface area (Å²) in [6.45, 7) is 3.91. The molecule has 19 heavy (non-hydrogen) atoms. The molecule has 3 rings (SSSR count). The van der Waals surface area contributed by atoms with Crippen molar-refractivity contribution in [3.05, 3.63) is 41.0 Å². The van der Waals surface area contributed by atoms with E-state index in [1.807, 2.05) is 38.1 Å². The molecule has 0 bridgehead atoms. The maximum atomic E-state index is 5.84. The van der Waals surface area contributed by atoms with Crippen molar-refractivity contribution in [2.45, 2.75) is 19.9 Å². The monoisotopic (exact) mass is 270 g/mol. The van der Waals surface area contributed by atoms with Crippen LogP contribution in [0.25, 0.3) is 21.5 Å². The molecule has 0 aliphatic carbocycles. The van der Waals surface area contributed by atoms with Crippen LogP contribution in [0.5, 0.6) is 0 Å². The van der Waals surface area contributed by atoms with Gasteiger partial charge in [-0.15, -0.1) is 10.2 Å². The third-order valence-corrected chi connectivity index (χ3v) is 4.06. The van der Waals surface area contributed by atoms with Crippen molar-refractivity contribution >= 4 is 22.2 Å². The van der Waals surface area contributed by atoms with E-state index in [4.69, 9.17) is 5.73 Å². The summed E-state index contributed by atoms with van der Waals surface area (Å²) >= 11 is 1.54. The van der Waals surface area contributed by atoms with Crippen LogP contribution < -0.4 is 5.73 Å². The van der Waals surface area contributed by atoms with Gasteiger partial charge in [0.15, 0.2) is 0 Å². The molecule has 2 aromatic heterocycles. The standard InChI is InChI=1S/C14H14N4S/c1-8-7-11(10-5-3-4-6-12(10)16-8)14-18-17-13(19-14)9(2)15/h3-7,9H,15H2,1-2H3. The van der Waals surface area contributed by atoms with Crippen LogP contribution in [0.3, 0.4) is 0 Å². The van der Waals surface area contributed by atoms with Gasteiger partial charge in [-0.05, 0) is 26.0 Å². The highest BCUT2D eigenvalue weighted by atomic mass is 32.1. The molecule has 0 amide bonds. The SMILES string of the molecule is Cc1cc(-c2nnc(C(C)N)s2)c2ccccc2n1. The minimum Gasteiger partial charge on any atom is -0.322 e. The number of hydrogen-bond acceptors (Lipinski definition) is 5. The lowest BCUT2D eigenvalue weighted by Crippen LogP contribution is -2.03. The maximum absolute atomic E-state index is 5.84. The van der Waals surface area contributed by atoms with Gasteiger partial charge in [0.1, 0.15) is 10.0 Å². The van der Waals surface area contributed by atoms with Crippen molar-refractivity contribution < 1.29 is 0 Å². The van der Waals surface area contributed by atoms with Crippen molar-refractivity contribution in [3.63, 3.8) is 0 Å². The molecule has 0 aliphatic heterocycles. The third kappa shape index (κ3) is 2.22. The van der Waals surface area contributed by atoms with Crippen LogP contribution in [0.4, 0.5) is 0 Å². The van der Waals surface area contributed by atoms with Crippen molar-refractivity contribution in [3.8, 4) is 10.6 Å². The van der Waals surface area contributed by atoms with E-state index >= 15 is 0 Å². The van der Waals surface area contributed by atoms with Gasteiger partial charge in [-0.25, -0.2) is 0 Å². The number of hydrogen-bond donors (Lipinski definition) is 1. The van der Waals surface area contributed by atoms with Crippen LogP contribution in [0.15, 0.2) is 30.3 Å². The number of rotatable bonds is 2. The first-order valence-electron chi connectivity index (χ1n) is 6.11. The molecule has 0 saturated heterocycles. The van der Waals surface area contributed by atoms with Gasteiger partial charge in [-0.3, -0.25) is 4.98 Å². The lowest BCUT2D eigenvalue weighted by atomic mass is 10.1. The van der Waals surface area contributed by atoms with Crippen LogP contribution in [0.1, 0.15) is 23.7 Å². The normalized spacial score (nSPS) is 12.8. The summed E-state index contributed by atoms with van der Waals surface area (Å²) in [5.74, 6) is 0. The van der Waals surface area contributed by atoms with Crippen molar-refractivity contribution in [1.29, 1.82) is 0 Å². The molecule has 5 heteroatoms. The largest absolute Gasteiger partial charge is 0.322 e. The van der Waals surface area contributed by atoms with Gasteiger partial charge in [-0.2, -0.15) is 0 Å². The average molecular weight is 270 g/mol. The Morgan fingerprint density at radius 3 is 2.74 bits per heavy atom. The fraction of sp³-hybridized carbons (Fsp3) is 0.214. The highest BCUT2D eigenvalue weighted by molar-refractivity contribution is 7.14. The number of nitrogens with two attached hydrogens (primary N) is 1. The topological polar surface area (TPSA) is 64.7 Å². The fourth-order valence-corrected chi connectivity index (χ4v) is 2.84. The van der Waals surface area contributed by atoms with E-state index in [9.17, 15) is 0 Å². The molecule has 1 atom stereocenters. The third-order valence-electron chi connectivity index (χ3n) is 2.90. The zero-order valence-electron chi connectivity index (χ0n) is 10.8. The van der Waals surface area contributed by atoms with Gasteiger partial charge in [0.05, 0.1) is 11.6 Å². The van der Waals surface area contributed by atoms with E-state index < -0.39 is 0 Å². The Hall–Kier alpha value is -1.85. The Bertz CT molecular complexity index is 733. The number of aryl methyl sites for hydroxylation is 1. The summed E-state index contributed by atoms with van der Waals surface area (Å²) in [4.78, 5) is 4.54. The first-order chi connectivity index (χ1) is 9.15. The van der Waals surface area contributed by atoms with Crippen LogP contribution in [-0.4, -0.2) is 15.2 Å². The summed E-state index contributed by atoms with van der Waals surface area (Å²) < 4.78 is 0. The van der Waals surface area contributed by atoms with Gasteiger partial charge in [0, 0.05) is 16.6 Å². The number of aromatic nitrogens is 3. The molecular weight excluding hydrogens is 256 g/mol. The molecule has 0 radical (unpaired) electrons. The van der Waals surface area contributed by atoms with Crippen molar-refractivity contribution in [2.75, 3.05) is 0 Å². The van der Waals surface area contributed by atoms with E-state index in [1.54, 1.807) is 11.3 Å². The fourth-order valence-electron chi connectivity index (χ4n) is 2.01. The minimum absolute atomic E-state index is 0.0829. The molecule has 0 spiro atoms. The van der Waals surface area contributed by atoms with Gasteiger partial charge >= 0.3 is 0 Å². The Kier molecular flexibility index (Phi) is 3.00. The highest BCUT2D eigenvalue weighted by Crippen LogP contribution is 2.31. The molecule has 1 aromatic carbocycles. The molecular formula is C14H14N4S. The molecule has 1 unspecified atom stereocenters. The molecule has 0 aliphatic rings. The quantitative estimate of drug-likeness (QED) is 0.777. The zero-order valence-corrected chi connectivity index (χ0v) is 11.6. The molecule has 3 aromatic rings. The van der Waals surface area contributed by atoms with Crippen LogP contribution in [0.2, 0.25) is 0 Å². The minimum atomic E-state index is -0.0829. The number of nitrogens with zero attached hydrogens (tertiary/aromatic N) is 3. The maximum Gasteiger partial charge on any atom is 0.148 e. The van der Waals surface area contributed by atoms with Crippen LogP contribution >= 0.6 is 11.3 Å². The van der Waals surface area contributed by atoms with Gasteiger partial charge in [-0.1, -0.05) is 29.5 Å². The second kappa shape index (κ2) is 4.68. The average Bonchev–Trinajstić information content (AvgIpc) is 2.87. The Morgan fingerprint density at radius 1 is 1.21 bits per heavy atom. The van der Waals surface area contributed by atoms with Gasteiger partial charge < -0.3 is 5.73 Å². The molecule has 2 heterocycles. The van der Waals surface area contributed by atoms with Gasteiger partial charge in [0.25, 0.3) is 0 Å². The summed E-state index contributed by atoms with van der Waals surface area (Å²) in [6, 6.07) is 10.0. The lowest BCUT2D eigenvalue weighted by Gasteiger charge is -2.04. The first-order valence-corrected chi connectivity index (χ1v) is 6.92. The second-order valence-electron chi connectivity index (χ2n) is 4.56. The summed E-state index contributed by atoms with van der Waals surface area (Å²) in [7, 11) is 0. The number of pyridine rings is 1. The van der Waals surface area contributed by atoms with Crippen molar-refractivity contribution in [1.82, 2.24) is 15.2 Å². The first kappa shape index (κ1) is 12.2. The van der Waals surface area contributed by atoms with Gasteiger partial charge in [0.2, 0.25) is 0 Å². The van der Waals surface area contributed by atoms with E-state index in [0.717, 1.165) is 32.2 Å². The molecule has 2 N–H and O–H groups in total. The summed E-state index contributed by atoms with van der Waals surface area (Å²) in [6.07, 6.45) is 0. The number of benzene rings is 1. The number of fused-ring (bicyclic) bond motifs is 1. The van der Waals surface area contributed by atoms with Crippen LogP contribution in [0, 0.1) is 6.92 Å². The summed E-state index contributed by atoms with van der Waals surface area (Å²) in [5, 5.41) is 11.3.